The smallest absolute Gasteiger partial charge is 0.0541 e. The van der Waals surface area contributed by atoms with E-state index >= 15 is 0 Å². The molecule has 9 aromatic carbocycles. The van der Waals surface area contributed by atoms with Crippen LogP contribution in [0.2, 0.25) is 0 Å². The van der Waals surface area contributed by atoms with Gasteiger partial charge in [0.05, 0.1) is 11.0 Å². The van der Waals surface area contributed by atoms with Gasteiger partial charge in [-0.25, -0.2) is 0 Å². The zero-order chi connectivity index (χ0) is 33.7. The van der Waals surface area contributed by atoms with E-state index in [1.165, 1.54) is 87.1 Å². The first-order valence-electron chi connectivity index (χ1n) is 17.6. The van der Waals surface area contributed by atoms with Crippen LogP contribution in [0.1, 0.15) is 22.3 Å². The van der Waals surface area contributed by atoms with Crippen molar-refractivity contribution in [2.75, 3.05) is 0 Å². The molecule has 0 radical (unpaired) electrons. The van der Waals surface area contributed by atoms with E-state index in [2.05, 4.69) is 205 Å². The molecule has 238 valence electrons. The molecule has 0 N–H and O–H groups in total. The molecular weight excluding hydrogens is 615 g/mol. The highest BCUT2D eigenvalue weighted by molar-refractivity contribution is 6.12. The second-order valence-corrected chi connectivity index (χ2v) is 13.4. The number of para-hydroxylation sites is 1. The second kappa shape index (κ2) is 12.0. The molecule has 0 spiro atoms. The molecule has 0 saturated carbocycles. The number of nitrogens with zero attached hydrogens (tertiary/aromatic N) is 1. The van der Waals surface area contributed by atoms with Crippen LogP contribution >= 0.6 is 0 Å². The highest BCUT2D eigenvalue weighted by Crippen LogP contribution is 2.36. The lowest BCUT2D eigenvalue weighted by Crippen LogP contribution is -1.93. The van der Waals surface area contributed by atoms with Crippen LogP contribution in [0, 0.1) is 0 Å². The van der Waals surface area contributed by atoms with Crippen LogP contribution < -0.4 is 0 Å². The third kappa shape index (κ3) is 5.02. The van der Waals surface area contributed by atoms with Crippen LogP contribution in [0.25, 0.3) is 94.9 Å². The molecule has 10 aromatic rings. The lowest BCUT2D eigenvalue weighted by Gasteiger charge is -2.09. The third-order valence-electron chi connectivity index (χ3n) is 10.3. The second-order valence-electron chi connectivity index (χ2n) is 13.4. The van der Waals surface area contributed by atoms with Crippen molar-refractivity contribution >= 4 is 89.2 Å². The maximum Gasteiger partial charge on any atom is 0.0541 e. The third-order valence-corrected chi connectivity index (χ3v) is 10.3. The lowest BCUT2D eigenvalue weighted by molar-refractivity contribution is 1.18. The summed E-state index contributed by atoms with van der Waals surface area (Å²) in [6.45, 7) is 0. The fourth-order valence-electron chi connectivity index (χ4n) is 7.94. The van der Waals surface area contributed by atoms with E-state index in [-0.39, 0.29) is 0 Å². The Balaban J connectivity index is 1.13. The summed E-state index contributed by atoms with van der Waals surface area (Å²) in [6.07, 6.45) is 9.14. The minimum Gasteiger partial charge on any atom is -0.309 e. The van der Waals surface area contributed by atoms with Crippen molar-refractivity contribution in [1.29, 1.82) is 0 Å². The quantitative estimate of drug-likeness (QED) is 0.129. The maximum absolute atomic E-state index is 2.39. The number of rotatable bonds is 5. The van der Waals surface area contributed by atoms with Gasteiger partial charge in [-0.1, -0.05) is 152 Å². The zero-order valence-electron chi connectivity index (χ0n) is 28.0. The predicted octanol–water partition coefficient (Wildman–Crippen LogP) is 13.7. The van der Waals surface area contributed by atoms with Crippen LogP contribution in [0.5, 0.6) is 0 Å². The molecule has 0 atom stereocenters. The van der Waals surface area contributed by atoms with E-state index in [9.17, 15) is 0 Å². The lowest BCUT2D eigenvalue weighted by atomic mass is 9.96. The fourth-order valence-corrected chi connectivity index (χ4v) is 7.94. The molecule has 0 amide bonds. The number of hydrogen-bond acceptors (Lipinski definition) is 0. The van der Waals surface area contributed by atoms with E-state index in [0.717, 1.165) is 5.69 Å². The first kappa shape index (κ1) is 29.2. The molecule has 1 heteroatoms. The summed E-state index contributed by atoms with van der Waals surface area (Å²) in [5.41, 5.74) is 8.42. The first-order chi connectivity index (χ1) is 25.3. The normalized spacial score (nSPS) is 12.2. The summed E-state index contributed by atoms with van der Waals surface area (Å²) in [7, 11) is 0. The molecule has 0 aliphatic rings. The van der Waals surface area contributed by atoms with Gasteiger partial charge in [0.2, 0.25) is 0 Å². The monoisotopic (exact) mass is 647 g/mol. The van der Waals surface area contributed by atoms with Crippen LogP contribution in [0.15, 0.2) is 176 Å². The Labute approximate surface area is 296 Å². The minimum atomic E-state index is 1.16. The predicted molar refractivity (Wildman–Crippen MR) is 222 cm³/mol. The first-order valence-corrected chi connectivity index (χ1v) is 17.6. The molecule has 0 aliphatic heterocycles. The summed E-state index contributed by atoms with van der Waals surface area (Å²) in [4.78, 5) is 0. The summed E-state index contributed by atoms with van der Waals surface area (Å²) in [5.74, 6) is 0. The molecule has 0 saturated heterocycles. The Bertz CT molecular complexity index is 2720. The standard InChI is InChI=1S/C50H33N/c1-2-16-40(17-3-1)51-49-28-24-34(22-26-45-41-18-8-4-12-36(41)32-37-13-5-9-19-42(37)45)30-47(49)48-31-35(25-29-50(48)51)23-27-46-43-20-10-6-14-38(43)33-39-15-7-11-21-44(39)46/h1-33H/b26-22+,27-23+. The van der Waals surface area contributed by atoms with E-state index in [4.69, 9.17) is 0 Å². The van der Waals surface area contributed by atoms with Crippen molar-refractivity contribution in [2.45, 2.75) is 0 Å². The van der Waals surface area contributed by atoms with Gasteiger partial charge in [0.15, 0.2) is 0 Å². The van der Waals surface area contributed by atoms with Crippen molar-refractivity contribution in [3.05, 3.63) is 198 Å². The molecule has 0 fully saturated rings. The van der Waals surface area contributed by atoms with Gasteiger partial charge in [-0.2, -0.15) is 0 Å². The van der Waals surface area contributed by atoms with Crippen LogP contribution in [-0.4, -0.2) is 4.57 Å². The summed E-state index contributed by atoms with van der Waals surface area (Å²) in [6, 6.07) is 63.8. The SMILES string of the molecule is C(=C\c1c2ccccc2cc2ccccc12)/c1ccc2c(c1)c1cc(/C=C/c3c4ccccc4cc4ccccc34)ccc1n2-c1ccccc1. The van der Waals surface area contributed by atoms with Crippen molar-refractivity contribution in [2.24, 2.45) is 0 Å². The van der Waals surface area contributed by atoms with Gasteiger partial charge >= 0.3 is 0 Å². The minimum absolute atomic E-state index is 1.16. The van der Waals surface area contributed by atoms with Crippen molar-refractivity contribution in [1.82, 2.24) is 4.57 Å². The number of fused-ring (bicyclic) bond motifs is 7. The van der Waals surface area contributed by atoms with Gasteiger partial charge in [0.1, 0.15) is 0 Å². The van der Waals surface area contributed by atoms with Crippen LogP contribution in [0.4, 0.5) is 0 Å². The Kier molecular flexibility index (Phi) is 6.89. The van der Waals surface area contributed by atoms with E-state index in [1.807, 2.05) is 0 Å². The Hall–Kier alpha value is -6.70. The van der Waals surface area contributed by atoms with Crippen LogP contribution in [0.3, 0.4) is 0 Å². The molecular formula is C50H33N. The summed E-state index contributed by atoms with van der Waals surface area (Å²) >= 11 is 0. The Morgan fingerprint density at radius 1 is 0.294 bits per heavy atom. The molecule has 1 heterocycles. The summed E-state index contributed by atoms with van der Waals surface area (Å²) < 4.78 is 2.39. The number of benzene rings is 9. The van der Waals surface area contributed by atoms with Gasteiger partial charge in [-0.15, -0.1) is 0 Å². The highest BCUT2D eigenvalue weighted by atomic mass is 15.0. The van der Waals surface area contributed by atoms with Crippen molar-refractivity contribution in [3.8, 4) is 5.69 Å². The average molecular weight is 648 g/mol. The van der Waals surface area contributed by atoms with E-state index in [0.29, 0.717) is 0 Å². The topological polar surface area (TPSA) is 4.93 Å². The average Bonchev–Trinajstić information content (AvgIpc) is 3.51. The molecule has 0 aliphatic carbocycles. The Morgan fingerprint density at radius 2 is 0.667 bits per heavy atom. The molecule has 0 bridgehead atoms. The zero-order valence-corrected chi connectivity index (χ0v) is 28.0. The van der Waals surface area contributed by atoms with Crippen molar-refractivity contribution < 1.29 is 0 Å². The molecule has 0 unspecified atom stereocenters. The number of aromatic nitrogens is 1. The van der Waals surface area contributed by atoms with Gasteiger partial charge in [0.25, 0.3) is 0 Å². The largest absolute Gasteiger partial charge is 0.309 e. The molecule has 10 rings (SSSR count). The molecule has 1 aromatic heterocycles. The van der Waals surface area contributed by atoms with Gasteiger partial charge in [-0.05, 0) is 114 Å². The van der Waals surface area contributed by atoms with Crippen LogP contribution in [-0.2, 0) is 0 Å². The van der Waals surface area contributed by atoms with Gasteiger partial charge < -0.3 is 4.57 Å². The van der Waals surface area contributed by atoms with Gasteiger partial charge in [-0.3, -0.25) is 0 Å². The molecule has 1 nitrogen and oxygen atoms in total. The highest BCUT2D eigenvalue weighted by Gasteiger charge is 2.14. The van der Waals surface area contributed by atoms with Crippen molar-refractivity contribution in [3.63, 3.8) is 0 Å². The van der Waals surface area contributed by atoms with E-state index < -0.39 is 0 Å². The fraction of sp³-hybridized carbons (Fsp3) is 0. The summed E-state index contributed by atoms with van der Waals surface area (Å²) in [5, 5.41) is 12.6. The number of hydrogen-bond donors (Lipinski definition) is 0. The molecule has 51 heavy (non-hydrogen) atoms. The van der Waals surface area contributed by atoms with E-state index in [1.54, 1.807) is 0 Å². The van der Waals surface area contributed by atoms with Gasteiger partial charge in [0, 0.05) is 16.5 Å². The Morgan fingerprint density at radius 3 is 1.08 bits per heavy atom. The maximum atomic E-state index is 2.39.